The largest absolute Gasteiger partial charge is 0.478 e. The standard InChI is InChI=1S/C13H17N3O4/c1-8-4-3-5-10(11(8)12(18)19)16-13(20)15-7-6-14-9(2)17/h3-5H,6-7H2,1-2H3,(H,14,17)(H,18,19)(H2,15,16,20). The summed E-state index contributed by atoms with van der Waals surface area (Å²) in [7, 11) is 0. The number of benzene rings is 1. The average Bonchev–Trinajstić information content (AvgIpc) is 2.34. The molecule has 3 amide bonds. The van der Waals surface area contributed by atoms with Gasteiger partial charge in [0.25, 0.3) is 0 Å². The Hall–Kier alpha value is -2.57. The van der Waals surface area contributed by atoms with Gasteiger partial charge in [-0.25, -0.2) is 9.59 Å². The summed E-state index contributed by atoms with van der Waals surface area (Å²) in [6, 6.07) is 4.31. The Morgan fingerprint density at radius 1 is 1.15 bits per heavy atom. The summed E-state index contributed by atoms with van der Waals surface area (Å²) in [5, 5.41) is 16.6. The average molecular weight is 279 g/mol. The van der Waals surface area contributed by atoms with Crippen LogP contribution in [0.1, 0.15) is 22.8 Å². The van der Waals surface area contributed by atoms with E-state index in [1.54, 1.807) is 19.1 Å². The molecule has 0 saturated heterocycles. The Morgan fingerprint density at radius 2 is 1.80 bits per heavy atom. The van der Waals surface area contributed by atoms with Gasteiger partial charge in [-0.2, -0.15) is 0 Å². The van der Waals surface area contributed by atoms with Crippen LogP contribution in [-0.2, 0) is 4.79 Å². The quantitative estimate of drug-likeness (QED) is 0.602. The first-order valence-electron chi connectivity index (χ1n) is 6.04. The number of aromatic carboxylic acids is 1. The van der Waals surface area contributed by atoms with Crippen molar-refractivity contribution in [3.05, 3.63) is 29.3 Å². The predicted molar refractivity (Wildman–Crippen MR) is 73.8 cm³/mol. The molecule has 0 aliphatic rings. The molecule has 1 aromatic rings. The number of rotatable bonds is 5. The van der Waals surface area contributed by atoms with Gasteiger partial charge in [0.15, 0.2) is 0 Å². The molecule has 108 valence electrons. The highest BCUT2D eigenvalue weighted by Gasteiger charge is 2.14. The molecule has 0 atom stereocenters. The molecule has 0 heterocycles. The third kappa shape index (κ3) is 4.60. The van der Waals surface area contributed by atoms with E-state index in [1.165, 1.54) is 13.0 Å². The number of carboxylic acid groups (broad SMARTS) is 1. The molecule has 0 radical (unpaired) electrons. The van der Waals surface area contributed by atoms with Crippen molar-refractivity contribution < 1.29 is 19.5 Å². The van der Waals surface area contributed by atoms with Crippen molar-refractivity contribution >= 4 is 23.6 Å². The lowest BCUT2D eigenvalue weighted by Crippen LogP contribution is -2.36. The zero-order valence-corrected chi connectivity index (χ0v) is 11.3. The summed E-state index contributed by atoms with van der Waals surface area (Å²) >= 11 is 0. The van der Waals surface area contributed by atoms with Crippen LogP contribution in [0.25, 0.3) is 0 Å². The minimum atomic E-state index is -1.10. The number of carbonyl (C=O) groups excluding carboxylic acids is 2. The van der Waals surface area contributed by atoms with E-state index >= 15 is 0 Å². The van der Waals surface area contributed by atoms with Gasteiger partial charge >= 0.3 is 12.0 Å². The first kappa shape index (κ1) is 15.5. The van der Waals surface area contributed by atoms with E-state index in [1.807, 2.05) is 0 Å². The molecule has 7 nitrogen and oxygen atoms in total. The number of hydrogen-bond acceptors (Lipinski definition) is 3. The van der Waals surface area contributed by atoms with Crippen LogP contribution in [0.4, 0.5) is 10.5 Å². The van der Waals surface area contributed by atoms with Crippen molar-refractivity contribution in [3.63, 3.8) is 0 Å². The van der Waals surface area contributed by atoms with E-state index in [0.29, 0.717) is 12.1 Å². The number of carboxylic acids is 1. The van der Waals surface area contributed by atoms with Crippen LogP contribution in [0, 0.1) is 6.92 Å². The van der Waals surface area contributed by atoms with Crippen molar-refractivity contribution in [2.75, 3.05) is 18.4 Å². The van der Waals surface area contributed by atoms with E-state index in [4.69, 9.17) is 5.11 Å². The summed E-state index contributed by atoms with van der Waals surface area (Å²) in [5.74, 6) is -1.28. The molecule has 20 heavy (non-hydrogen) atoms. The molecule has 4 N–H and O–H groups in total. The lowest BCUT2D eigenvalue weighted by Gasteiger charge is -2.11. The van der Waals surface area contributed by atoms with Gasteiger partial charge < -0.3 is 21.1 Å². The van der Waals surface area contributed by atoms with Crippen LogP contribution in [0.2, 0.25) is 0 Å². The van der Waals surface area contributed by atoms with Crippen LogP contribution in [0.15, 0.2) is 18.2 Å². The van der Waals surface area contributed by atoms with Gasteiger partial charge in [0, 0.05) is 20.0 Å². The van der Waals surface area contributed by atoms with E-state index in [2.05, 4.69) is 16.0 Å². The second-order valence-electron chi connectivity index (χ2n) is 4.17. The van der Waals surface area contributed by atoms with Gasteiger partial charge in [0.05, 0.1) is 11.3 Å². The third-order valence-corrected chi connectivity index (χ3v) is 2.52. The molecule has 7 heteroatoms. The Labute approximate surface area is 116 Å². The van der Waals surface area contributed by atoms with E-state index < -0.39 is 12.0 Å². The maximum atomic E-state index is 11.6. The van der Waals surface area contributed by atoms with Gasteiger partial charge in [-0.15, -0.1) is 0 Å². The molecule has 0 unspecified atom stereocenters. The molecule has 0 aliphatic carbocycles. The number of anilines is 1. The maximum Gasteiger partial charge on any atom is 0.338 e. The summed E-state index contributed by atoms with van der Waals surface area (Å²) < 4.78 is 0. The molecule has 0 aliphatic heterocycles. The second kappa shape index (κ2) is 7.13. The van der Waals surface area contributed by atoms with Crippen molar-refractivity contribution in [3.8, 4) is 0 Å². The lowest BCUT2D eigenvalue weighted by molar-refractivity contribution is -0.118. The fourth-order valence-corrected chi connectivity index (χ4v) is 1.64. The highest BCUT2D eigenvalue weighted by Crippen LogP contribution is 2.19. The lowest BCUT2D eigenvalue weighted by atomic mass is 10.1. The molecule has 0 aromatic heterocycles. The van der Waals surface area contributed by atoms with Crippen LogP contribution in [0.3, 0.4) is 0 Å². The number of nitrogens with one attached hydrogen (secondary N) is 3. The summed E-state index contributed by atoms with van der Waals surface area (Å²) in [6.07, 6.45) is 0. The van der Waals surface area contributed by atoms with Gasteiger partial charge in [-0.3, -0.25) is 4.79 Å². The Morgan fingerprint density at radius 3 is 2.40 bits per heavy atom. The van der Waals surface area contributed by atoms with Crippen molar-refractivity contribution in [1.29, 1.82) is 0 Å². The summed E-state index contributed by atoms with van der Waals surface area (Å²) in [6.45, 7) is 3.59. The normalized spacial score (nSPS) is 9.70. The monoisotopic (exact) mass is 279 g/mol. The van der Waals surface area contributed by atoms with Crippen molar-refractivity contribution in [2.24, 2.45) is 0 Å². The van der Waals surface area contributed by atoms with Crippen LogP contribution in [0.5, 0.6) is 0 Å². The number of urea groups is 1. The highest BCUT2D eigenvalue weighted by molar-refractivity contribution is 6.01. The predicted octanol–water partition coefficient (Wildman–Crippen LogP) is 0.951. The van der Waals surface area contributed by atoms with Crippen LogP contribution >= 0.6 is 0 Å². The van der Waals surface area contributed by atoms with E-state index in [0.717, 1.165) is 0 Å². The molecule has 0 bridgehead atoms. The smallest absolute Gasteiger partial charge is 0.338 e. The maximum absolute atomic E-state index is 11.6. The van der Waals surface area contributed by atoms with Gasteiger partial charge in [0.1, 0.15) is 0 Å². The van der Waals surface area contributed by atoms with Gasteiger partial charge in [-0.1, -0.05) is 12.1 Å². The molecular weight excluding hydrogens is 262 g/mol. The zero-order chi connectivity index (χ0) is 15.1. The number of amides is 3. The van der Waals surface area contributed by atoms with Gasteiger partial charge in [-0.05, 0) is 18.6 Å². The van der Waals surface area contributed by atoms with Crippen molar-refractivity contribution in [1.82, 2.24) is 10.6 Å². The Kier molecular flexibility index (Phi) is 5.52. The molecule has 1 aromatic carbocycles. The topological polar surface area (TPSA) is 108 Å². The molecule has 1 rings (SSSR count). The summed E-state index contributed by atoms with van der Waals surface area (Å²) in [5.41, 5.74) is 0.854. The summed E-state index contributed by atoms with van der Waals surface area (Å²) in [4.78, 5) is 33.4. The zero-order valence-electron chi connectivity index (χ0n) is 11.3. The molecule has 0 fully saturated rings. The van der Waals surface area contributed by atoms with E-state index in [-0.39, 0.29) is 23.7 Å². The molecule has 0 saturated carbocycles. The fraction of sp³-hybridized carbons (Fsp3) is 0.308. The minimum Gasteiger partial charge on any atom is -0.478 e. The fourth-order valence-electron chi connectivity index (χ4n) is 1.64. The van der Waals surface area contributed by atoms with E-state index in [9.17, 15) is 14.4 Å². The minimum absolute atomic E-state index is 0.0597. The number of hydrogen-bond donors (Lipinski definition) is 4. The third-order valence-electron chi connectivity index (χ3n) is 2.52. The van der Waals surface area contributed by atoms with Crippen molar-refractivity contribution in [2.45, 2.75) is 13.8 Å². The first-order chi connectivity index (χ1) is 9.41. The SMILES string of the molecule is CC(=O)NCCNC(=O)Nc1cccc(C)c1C(=O)O. The molecule has 0 spiro atoms. The second-order valence-corrected chi connectivity index (χ2v) is 4.17. The number of aryl methyl sites for hydroxylation is 1. The highest BCUT2D eigenvalue weighted by atomic mass is 16.4. The Balaban J connectivity index is 2.60. The van der Waals surface area contributed by atoms with Crippen LogP contribution < -0.4 is 16.0 Å². The molecular formula is C13H17N3O4. The van der Waals surface area contributed by atoms with Gasteiger partial charge in [0.2, 0.25) is 5.91 Å². The van der Waals surface area contributed by atoms with Crippen LogP contribution in [-0.4, -0.2) is 36.1 Å². The number of carbonyl (C=O) groups is 3. The first-order valence-corrected chi connectivity index (χ1v) is 6.04. The Bertz CT molecular complexity index is 528.